The molecule has 1 rings (SSSR count). The number of nitrogens with one attached hydrogen (secondary N) is 1. The molecule has 1 atom stereocenters. The molecule has 1 saturated heterocycles. The highest BCUT2D eigenvalue weighted by Gasteiger charge is 2.18. The lowest BCUT2D eigenvalue weighted by atomic mass is 10.0. The fourth-order valence-corrected chi connectivity index (χ4v) is 2.87. The lowest BCUT2D eigenvalue weighted by Gasteiger charge is -2.24. The lowest BCUT2D eigenvalue weighted by molar-refractivity contribution is 0.181. The second-order valence-corrected chi connectivity index (χ2v) is 6.94. The second-order valence-electron chi connectivity index (χ2n) is 6.94. The molecule has 1 fully saturated rings. The Morgan fingerprint density at radius 2 is 2.00 bits per heavy atom. The van der Waals surface area contributed by atoms with Gasteiger partial charge < -0.3 is 15.0 Å². The minimum absolute atomic E-state index is 0. The van der Waals surface area contributed by atoms with Crippen LogP contribution in [0.5, 0.6) is 0 Å². The zero-order chi connectivity index (χ0) is 16.2. The fraction of sp³-hybridized carbons (Fsp3) is 0.944. The van der Waals surface area contributed by atoms with Gasteiger partial charge in [0.2, 0.25) is 0 Å². The van der Waals surface area contributed by atoms with Crippen molar-refractivity contribution in [3.05, 3.63) is 0 Å². The molecule has 4 nitrogen and oxygen atoms in total. The van der Waals surface area contributed by atoms with E-state index in [4.69, 9.17) is 9.73 Å². The van der Waals surface area contributed by atoms with Crippen LogP contribution in [0, 0.1) is 11.8 Å². The van der Waals surface area contributed by atoms with E-state index in [9.17, 15) is 0 Å². The van der Waals surface area contributed by atoms with Crippen molar-refractivity contribution >= 4 is 29.9 Å². The molecule has 23 heavy (non-hydrogen) atoms. The van der Waals surface area contributed by atoms with Crippen molar-refractivity contribution in [2.24, 2.45) is 16.8 Å². The Labute approximate surface area is 160 Å². The summed E-state index contributed by atoms with van der Waals surface area (Å²) in [5.41, 5.74) is 0. The number of hydrogen-bond donors (Lipinski definition) is 1. The monoisotopic (exact) mass is 439 g/mol. The Morgan fingerprint density at radius 1 is 1.26 bits per heavy atom. The molecule has 1 aliphatic heterocycles. The molecule has 1 unspecified atom stereocenters. The van der Waals surface area contributed by atoms with Crippen molar-refractivity contribution in [2.45, 2.75) is 59.3 Å². The van der Waals surface area contributed by atoms with Crippen LogP contribution in [0.4, 0.5) is 0 Å². The van der Waals surface area contributed by atoms with Gasteiger partial charge in [0.05, 0.1) is 6.61 Å². The number of unbranched alkanes of at least 4 members (excludes halogenated alkanes) is 3. The van der Waals surface area contributed by atoms with Gasteiger partial charge in [-0.05, 0) is 25.7 Å². The first-order valence-corrected chi connectivity index (χ1v) is 9.20. The highest BCUT2D eigenvalue weighted by Crippen LogP contribution is 2.13. The average Bonchev–Trinajstić information content (AvgIpc) is 2.97. The Hall–Kier alpha value is -0.0400. The molecule has 0 saturated carbocycles. The minimum Gasteiger partial charge on any atom is -0.381 e. The third kappa shape index (κ3) is 11.2. The van der Waals surface area contributed by atoms with E-state index in [0.717, 1.165) is 44.7 Å². The highest BCUT2D eigenvalue weighted by molar-refractivity contribution is 14.0. The highest BCUT2D eigenvalue weighted by atomic mass is 127. The minimum atomic E-state index is 0. The van der Waals surface area contributed by atoms with Gasteiger partial charge in [0.1, 0.15) is 0 Å². The van der Waals surface area contributed by atoms with E-state index in [1.54, 1.807) is 0 Å². The van der Waals surface area contributed by atoms with Gasteiger partial charge in [-0.2, -0.15) is 0 Å². The number of aliphatic imine (C=N–C) groups is 1. The van der Waals surface area contributed by atoms with Gasteiger partial charge in [0.15, 0.2) is 5.96 Å². The summed E-state index contributed by atoms with van der Waals surface area (Å²) in [7, 11) is 2.14. The number of halogens is 1. The first kappa shape index (κ1) is 23.0. The summed E-state index contributed by atoms with van der Waals surface area (Å²) in [6.45, 7) is 11.5. The van der Waals surface area contributed by atoms with Gasteiger partial charge in [-0.1, -0.05) is 39.5 Å². The molecule has 1 aliphatic rings. The van der Waals surface area contributed by atoms with E-state index in [1.165, 1.54) is 38.5 Å². The van der Waals surface area contributed by atoms with Crippen LogP contribution in [0.25, 0.3) is 0 Å². The predicted octanol–water partition coefficient (Wildman–Crippen LogP) is 4.14. The van der Waals surface area contributed by atoms with E-state index in [0.29, 0.717) is 5.92 Å². The van der Waals surface area contributed by atoms with Crippen molar-refractivity contribution in [3.8, 4) is 0 Å². The van der Waals surface area contributed by atoms with Crippen molar-refractivity contribution in [3.63, 3.8) is 0 Å². The zero-order valence-corrected chi connectivity index (χ0v) is 18.0. The third-order valence-electron chi connectivity index (χ3n) is 4.20. The Balaban J connectivity index is 0.00000484. The molecule has 0 spiro atoms. The van der Waals surface area contributed by atoms with Gasteiger partial charge in [0, 0.05) is 39.2 Å². The van der Waals surface area contributed by atoms with E-state index in [1.807, 2.05) is 0 Å². The number of nitrogens with zero attached hydrogens (tertiary/aromatic N) is 2. The summed E-state index contributed by atoms with van der Waals surface area (Å²) < 4.78 is 5.46. The maximum absolute atomic E-state index is 5.46. The second kappa shape index (κ2) is 14.3. The maximum Gasteiger partial charge on any atom is 0.193 e. The van der Waals surface area contributed by atoms with E-state index < -0.39 is 0 Å². The summed E-state index contributed by atoms with van der Waals surface area (Å²) in [4.78, 5) is 7.04. The molecule has 0 aliphatic carbocycles. The number of ether oxygens (including phenoxy) is 1. The molecule has 0 aromatic rings. The van der Waals surface area contributed by atoms with Crippen LogP contribution in [0.3, 0.4) is 0 Å². The molecule has 0 amide bonds. The third-order valence-corrected chi connectivity index (χ3v) is 4.20. The topological polar surface area (TPSA) is 36.9 Å². The van der Waals surface area contributed by atoms with Crippen LogP contribution in [0.15, 0.2) is 4.99 Å². The van der Waals surface area contributed by atoms with Crippen molar-refractivity contribution in [1.82, 2.24) is 10.2 Å². The summed E-state index contributed by atoms with van der Waals surface area (Å²) in [5.74, 6) is 2.55. The molecule has 1 N–H and O–H groups in total. The van der Waals surface area contributed by atoms with Crippen molar-refractivity contribution in [1.29, 1.82) is 0 Å². The maximum atomic E-state index is 5.46. The van der Waals surface area contributed by atoms with Crippen molar-refractivity contribution < 1.29 is 4.74 Å². The molecular formula is C18H38IN3O. The summed E-state index contributed by atoms with van der Waals surface area (Å²) in [6.07, 6.45) is 7.75. The average molecular weight is 439 g/mol. The molecule has 5 heteroatoms. The molecule has 0 bridgehead atoms. The SMILES string of the molecule is CCNC(=NCCCCCCC(C)C)N(C)CC1CCOC1.I. The molecule has 0 aromatic heterocycles. The molecule has 0 radical (unpaired) electrons. The van der Waals surface area contributed by atoms with E-state index >= 15 is 0 Å². The van der Waals surface area contributed by atoms with E-state index in [2.05, 4.69) is 38.0 Å². The Kier molecular flexibility index (Phi) is 14.3. The van der Waals surface area contributed by atoms with Gasteiger partial charge in [-0.25, -0.2) is 0 Å². The molecule has 1 heterocycles. The number of hydrogen-bond acceptors (Lipinski definition) is 2. The molecule has 138 valence electrons. The summed E-state index contributed by atoms with van der Waals surface area (Å²) in [6, 6.07) is 0. The summed E-state index contributed by atoms with van der Waals surface area (Å²) >= 11 is 0. The molecular weight excluding hydrogens is 401 g/mol. The van der Waals surface area contributed by atoms with Gasteiger partial charge >= 0.3 is 0 Å². The van der Waals surface area contributed by atoms with Gasteiger partial charge in [-0.3, -0.25) is 4.99 Å². The first-order valence-electron chi connectivity index (χ1n) is 9.20. The number of rotatable bonds is 10. The Morgan fingerprint density at radius 3 is 2.61 bits per heavy atom. The number of guanidine groups is 1. The van der Waals surface area contributed by atoms with Crippen LogP contribution in [0.1, 0.15) is 59.3 Å². The van der Waals surface area contributed by atoms with Gasteiger partial charge in [-0.15, -0.1) is 24.0 Å². The van der Waals surface area contributed by atoms with Crippen molar-refractivity contribution in [2.75, 3.05) is 39.9 Å². The van der Waals surface area contributed by atoms with Crippen LogP contribution < -0.4 is 5.32 Å². The lowest BCUT2D eigenvalue weighted by Crippen LogP contribution is -2.41. The van der Waals surface area contributed by atoms with Crippen LogP contribution in [0.2, 0.25) is 0 Å². The smallest absolute Gasteiger partial charge is 0.193 e. The van der Waals surface area contributed by atoms with Gasteiger partial charge in [0.25, 0.3) is 0 Å². The first-order chi connectivity index (χ1) is 10.6. The largest absolute Gasteiger partial charge is 0.381 e. The predicted molar refractivity (Wildman–Crippen MR) is 111 cm³/mol. The molecule has 0 aromatic carbocycles. The van der Waals surface area contributed by atoms with E-state index in [-0.39, 0.29) is 24.0 Å². The van der Waals surface area contributed by atoms with Crippen LogP contribution >= 0.6 is 24.0 Å². The quantitative estimate of drug-likeness (QED) is 0.241. The zero-order valence-electron chi connectivity index (χ0n) is 15.6. The van der Waals surface area contributed by atoms with Crippen LogP contribution in [-0.2, 0) is 4.74 Å². The normalized spacial score (nSPS) is 18.1. The Bertz CT molecular complexity index is 305. The van der Waals surface area contributed by atoms with Crippen LogP contribution in [-0.4, -0.2) is 50.8 Å². The standard InChI is InChI=1S/C18H37N3O.HI/c1-5-19-18(21(4)14-17-11-13-22-15-17)20-12-9-7-6-8-10-16(2)3;/h16-17H,5-15H2,1-4H3,(H,19,20);1H. The fourth-order valence-electron chi connectivity index (χ4n) is 2.87. The summed E-state index contributed by atoms with van der Waals surface area (Å²) in [5, 5.41) is 3.41.